The zero-order valence-corrected chi connectivity index (χ0v) is 15.2. The SMILES string of the molecule is CC1CCCCC1[NH+]1CCN(C(=O)c2cccc3ccccc23)CC1. The average molecular weight is 337 g/mol. The molecule has 1 N–H and O–H groups in total. The van der Waals surface area contributed by atoms with Gasteiger partial charge in [0, 0.05) is 11.5 Å². The van der Waals surface area contributed by atoms with Crippen LogP contribution in [0.1, 0.15) is 43.0 Å². The summed E-state index contributed by atoms with van der Waals surface area (Å²) in [6.07, 6.45) is 5.54. The van der Waals surface area contributed by atoms with E-state index in [0.717, 1.165) is 54.5 Å². The summed E-state index contributed by atoms with van der Waals surface area (Å²) in [6.45, 7) is 6.41. The maximum Gasteiger partial charge on any atom is 0.254 e. The number of carbonyl (C=O) groups is 1. The third-order valence-electron chi connectivity index (χ3n) is 6.35. The van der Waals surface area contributed by atoms with E-state index in [1.165, 1.54) is 25.7 Å². The van der Waals surface area contributed by atoms with Crippen LogP contribution in [0.15, 0.2) is 42.5 Å². The zero-order chi connectivity index (χ0) is 17.2. The van der Waals surface area contributed by atoms with Crippen molar-refractivity contribution in [2.75, 3.05) is 26.2 Å². The van der Waals surface area contributed by atoms with Crippen molar-refractivity contribution in [3.63, 3.8) is 0 Å². The first kappa shape index (κ1) is 16.6. The van der Waals surface area contributed by atoms with Crippen molar-refractivity contribution in [3.8, 4) is 0 Å². The summed E-state index contributed by atoms with van der Waals surface area (Å²) in [4.78, 5) is 16.9. The standard InChI is InChI=1S/C22H28N2O/c1-17-7-2-5-12-21(17)23-13-15-24(16-14-23)22(25)20-11-6-9-18-8-3-4-10-19(18)20/h3-4,6,8-11,17,21H,2,5,7,12-16H2,1H3/p+1. The molecule has 2 aromatic rings. The predicted molar refractivity (Wildman–Crippen MR) is 102 cm³/mol. The van der Waals surface area contributed by atoms with Crippen LogP contribution in [0.5, 0.6) is 0 Å². The van der Waals surface area contributed by atoms with Gasteiger partial charge < -0.3 is 9.80 Å². The Morgan fingerprint density at radius 2 is 1.72 bits per heavy atom. The summed E-state index contributed by atoms with van der Waals surface area (Å²) in [5.74, 6) is 1.04. The average Bonchev–Trinajstić information content (AvgIpc) is 2.67. The Bertz CT molecular complexity index is 743. The molecule has 1 aliphatic heterocycles. The highest BCUT2D eigenvalue weighted by Crippen LogP contribution is 2.23. The lowest BCUT2D eigenvalue weighted by Crippen LogP contribution is -3.19. The lowest BCUT2D eigenvalue weighted by Gasteiger charge is -2.40. The van der Waals surface area contributed by atoms with Gasteiger partial charge in [-0.15, -0.1) is 0 Å². The van der Waals surface area contributed by atoms with E-state index in [-0.39, 0.29) is 5.91 Å². The largest absolute Gasteiger partial charge is 0.329 e. The van der Waals surface area contributed by atoms with Gasteiger partial charge in [0.25, 0.3) is 5.91 Å². The van der Waals surface area contributed by atoms with Crippen LogP contribution in [0.25, 0.3) is 10.8 Å². The topological polar surface area (TPSA) is 24.8 Å². The molecule has 0 radical (unpaired) electrons. The highest BCUT2D eigenvalue weighted by molar-refractivity contribution is 6.07. The molecule has 2 aliphatic rings. The fraction of sp³-hybridized carbons (Fsp3) is 0.500. The van der Waals surface area contributed by atoms with Gasteiger partial charge in [-0.2, -0.15) is 0 Å². The molecule has 2 atom stereocenters. The number of nitrogens with one attached hydrogen (secondary N) is 1. The molecule has 4 rings (SSSR count). The van der Waals surface area contributed by atoms with E-state index in [1.54, 1.807) is 4.90 Å². The van der Waals surface area contributed by atoms with Crippen molar-refractivity contribution < 1.29 is 9.69 Å². The van der Waals surface area contributed by atoms with Gasteiger partial charge in [-0.05, 0) is 36.1 Å². The third-order valence-corrected chi connectivity index (χ3v) is 6.35. The van der Waals surface area contributed by atoms with Crippen molar-refractivity contribution in [2.24, 2.45) is 5.92 Å². The van der Waals surface area contributed by atoms with Crippen LogP contribution in [0.4, 0.5) is 0 Å². The van der Waals surface area contributed by atoms with Crippen LogP contribution < -0.4 is 4.90 Å². The number of quaternary nitrogens is 1. The Balaban J connectivity index is 1.46. The first-order chi connectivity index (χ1) is 12.2. The van der Waals surface area contributed by atoms with E-state index in [9.17, 15) is 4.79 Å². The molecule has 0 spiro atoms. The summed E-state index contributed by atoms with van der Waals surface area (Å²) in [7, 11) is 0. The lowest BCUT2D eigenvalue weighted by atomic mass is 9.84. The molecule has 2 fully saturated rings. The molecule has 3 heteroatoms. The van der Waals surface area contributed by atoms with Crippen LogP contribution >= 0.6 is 0 Å². The number of hydrogen-bond acceptors (Lipinski definition) is 1. The molecule has 1 saturated heterocycles. The molecule has 0 aromatic heterocycles. The highest BCUT2D eigenvalue weighted by Gasteiger charge is 2.34. The van der Waals surface area contributed by atoms with Crippen molar-refractivity contribution in [3.05, 3.63) is 48.0 Å². The smallest absolute Gasteiger partial charge is 0.254 e. The maximum atomic E-state index is 13.1. The molecule has 1 aliphatic carbocycles. The second kappa shape index (κ2) is 7.17. The minimum absolute atomic E-state index is 0.201. The Labute approximate surface area is 150 Å². The fourth-order valence-corrected chi connectivity index (χ4v) is 4.87. The van der Waals surface area contributed by atoms with Crippen LogP contribution in [0.2, 0.25) is 0 Å². The molecule has 1 amide bonds. The van der Waals surface area contributed by atoms with Gasteiger partial charge in [-0.25, -0.2) is 0 Å². The first-order valence-electron chi connectivity index (χ1n) is 9.85. The predicted octanol–water partition coefficient (Wildman–Crippen LogP) is 2.76. The van der Waals surface area contributed by atoms with E-state index < -0.39 is 0 Å². The Morgan fingerprint density at radius 1 is 1.00 bits per heavy atom. The number of carbonyl (C=O) groups excluding carboxylic acids is 1. The number of amides is 1. The second-order valence-electron chi connectivity index (χ2n) is 7.85. The Morgan fingerprint density at radius 3 is 2.52 bits per heavy atom. The molecule has 1 saturated carbocycles. The summed E-state index contributed by atoms with van der Waals surface area (Å²) < 4.78 is 0. The molecular formula is C22H29N2O+. The monoisotopic (exact) mass is 337 g/mol. The quantitative estimate of drug-likeness (QED) is 0.895. The van der Waals surface area contributed by atoms with E-state index in [0.29, 0.717) is 0 Å². The first-order valence-corrected chi connectivity index (χ1v) is 9.85. The summed E-state index contributed by atoms with van der Waals surface area (Å²) in [5, 5.41) is 2.22. The minimum atomic E-state index is 0.201. The van der Waals surface area contributed by atoms with E-state index in [2.05, 4.69) is 30.0 Å². The van der Waals surface area contributed by atoms with Crippen molar-refractivity contribution in [1.29, 1.82) is 0 Å². The maximum absolute atomic E-state index is 13.1. The molecule has 3 nitrogen and oxygen atoms in total. The summed E-state index contributed by atoms with van der Waals surface area (Å²) >= 11 is 0. The number of fused-ring (bicyclic) bond motifs is 1. The molecular weight excluding hydrogens is 308 g/mol. The highest BCUT2D eigenvalue weighted by atomic mass is 16.2. The number of piperazine rings is 1. The van der Waals surface area contributed by atoms with Gasteiger partial charge in [0.1, 0.15) is 0 Å². The number of benzene rings is 2. The Kier molecular flexibility index (Phi) is 4.76. The van der Waals surface area contributed by atoms with E-state index in [4.69, 9.17) is 0 Å². The van der Waals surface area contributed by atoms with Crippen LogP contribution in [0.3, 0.4) is 0 Å². The van der Waals surface area contributed by atoms with E-state index >= 15 is 0 Å². The van der Waals surface area contributed by atoms with Gasteiger partial charge in [0.2, 0.25) is 0 Å². The lowest BCUT2D eigenvalue weighted by molar-refractivity contribution is -0.934. The van der Waals surface area contributed by atoms with Gasteiger partial charge in [0.15, 0.2) is 0 Å². The van der Waals surface area contributed by atoms with Gasteiger partial charge in [-0.1, -0.05) is 49.7 Å². The van der Waals surface area contributed by atoms with Crippen LogP contribution in [-0.2, 0) is 0 Å². The fourth-order valence-electron chi connectivity index (χ4n) is 4.87. The molecule has 25 heavy (non-hydrogen) atoms. The molecule has 132 valence electrons. The number of nitrogens with zero attached hydrogens (tertiary/aromatic N) is 1. The zero-order valence-electron chi connectivity index (χ0n) is 15.2. The molecule has 2 aromatic carbocycles. The number of hydrogen-bond donors (Lipinski definition) is 1. The minimum Gasteiger partial charge on any atom is -0.329 e. The Hall–Kier alpha value is -1.87. The van der Waals surface area contributed by atoms with E-state index in [1.807, 2.05) is 24.3 Å². The molecule has 0 bridgehead atoms. The van der Waals surface area contributed by atoms with Gasteiger partial charge in [0.05, 0.1) is 32.2 Å². The molecule has 1 heterocycles. The van der Waals surface area contributed by atoms with Gasteiger partial charge in [-0.3, -0.25) is 4.79 Å². The van der Waals surface area contributed by atoms with Crippen molar-refractivity contribution >= 4 is 16.7 Å². The second-order valence-corrected chi connectivity index (χ2v) is 7.85. The van der Waals surface area contributed by atoms with Crippen LogP contribution in [0, 0.1) is 5.92 Å². The van der Waals surface area contributed by atoms with Gasteiger partial charge >= 0.3 is 0 Å². The summed E-state index contributed by atoms with van der Waals surface area (Å²) in [6, 6.07) is 15.1. The summed E-state index contributed by atoms with van der Waals surface area (Å²) in [5.41, 5.74) is 0.854. The molecule has 2 unspecified atom stereocenters. The van der Waals surface area contributed by atoms with Crippen molar-refractivity contribution in [1.82, 2.24) is 4.90 Å². The number of rotatable bonds is 2. The normalized spacial score (nSPS) is 25.2. The van der Waals surface area contributed by atoms with Crippen LogP contribution in [-0.4, -0.2) is 43.0 Å². The van der Waals surface area contributed by atoms with Crippen molar-refractivity contribution in [2.45, 2.75) is 38.6 Å². The third kappa shape index (κ3) is 3.30.